The predicted octanol–water partition coefficient (Wildman–Crippen LogP) is 2.73. The number of aliphatic carboxylic acids is 1. The second-order valence-electron chi connectivity index (χ2n) is 10.3. The number of fused-ring (bicyclic) bond motifs is 1. The summed E-state index contributed by atoms with van der Waals surface area (Å²) in [6.45, 7) is 2.31. The van der Waals surface area contributed by atoms with Crippen molar-refractivity contribution in [1.29, 1.82) is 10.5 Å². The zero-order chi connectivity index (χ0) is 33.6. The molecule has 0 spiro atoms. The number of carbonyl (C=O) groups is 2. The highest BCUT2D eigenvalue weighted by molar-refractivity contribution is 7.46. The molecule has 0 radical (unpaired) electrons. The van der Waals surface area contributed by atoms with Gasteiger partial charge in [0.25, 0.3) is 0 Å². The third kappa shape index (κ3) is 8.94. The van der Waals surface area contributed by atoms with Crippen LogP contribution >= 0.6 is 19.4 Å². The number of aromatic nitrogens is 4. The quantitative estimate of drug-likeness (QED) is 0.178. The van der Waals surface area contributed by atoms with Gasteiger partial charge in [0.05, 0.1) is 41.3 Å². The lowest BCUT2D eigenvalue weighted by molar-refractivity contribution is -0.145. The number of nitriles is 2. The van der Waals surface area contributed by atoms with Gasteiger partial charge in [0.1, 0.15) is 6.07 Å². The van der Waals surface area contributed by atoms with E-state index < -0.39 is 26.0 Å². The van der Waals surface area contributed by atoms with E-state index in [4.69, 9.17) is 26.5 Å². The molecular formula is C26H30ClN10O8P. The minimum atomic E-state index is -4.66. The molecule has 0 bridgehead atoms. The van der Waals surface area contributed by atoms with Crippen molar-refractivity contribution in [2.75, 3.05) is 35.7 Å². The summed E-state index contributed by atoms with van der Waals surface area (Å²) >= 11 is 6.81. The Morgan fingerprint density at radius 3 is 2.39 bits per heavy atom. The molecule has 244 valence electrons. The zero-order valence-corrected chi connectivity index (χ0v) is 26.2. The Bertz CT molecular complexity index is 1740. The first-order valence-electron chi connectivity index (χ1n) is 13.8. The number of anilines is 4. The number of rotatable bonds is 9. The van der Waals surface area contributed by atoms with Crippen molar-refractivity contribution in [3.8, 4) is 12.1 Å². The van der Waals surface area contributed by atoms with E-state index in [0.717, 1.165) is 19.8 Å². The molecule has 2 aliphatic rings. The maximum absolute atomic E-state index is 11.5. The van der Waals surface area contributed by atoms with Gasteiger partial charge in [-0.2, -0.15) is 20.0 Å². The van der Waals surface area contributed by atoms with Crippen LogP contribution in [-0.2, 0) is 18.6 Å². The summed E-state index contributed by atoms with van der Waals surface area (Å²) < 4.78 is 19.8. The number of alkyl carbamates (subject to hydrolysis) is 1. The molecule has 18 nitrogen and oxygen atoms in total. The third-order valence-corrected chi connectivity index (χ3v) is 7.80. The van der Waals surface area contributed by atoms with Crippen LogP contribution in [0.2, 0.25) is 5.02 Å². The summed E-state index contributed by atoms with van der Waals surface area (Å²) in [6, 6.07) is 7.96. The van der Waals surface area contributed by atoms with Gasteiger partial charge in [0, 0.05) is 25.2 Å². The molecule has 1 saturated carbocycles. The summed E-state index contributed by atoms with van der Waals surface area (Å²) in [5.74, 6) is -0.683. The number of nitrogens with zero attached hydrogens (tertiary/aromatic N) is 7. The molecule has 2 aromatic heterocycles. The Morgan fingerprint density at radius 1 is 1.15 bits per heavy atom. The molecule has 1 aliphatic carbocycles. The maximum atomic E-state index is 11.5. The molecule has 3 heterocycles. The van der Waals surface area contributed by atoms with Crippen molar-refractivity contribution in [3.05, 3.63) is 34.6 Å². The zero-order valence-electron chi connectivity index (χ0n) is 24.5. The Labute approximate surface area is 267 Å². The van der Waals surface area contributed by atoms with Crippen molar-refractivity contribution < 1.29 is 38.3 Å². The highest BCUT2D eigenvalue weighted by Crippen LogP contribution is 2.38. The summed E-state index contributed by atoms with van der Waals surface area (Å²) in [5.41, 5.74) is 2.33. The average molecular weight is 677 g/mol. The van der Waals surface area contributed by atoms with Crippen molar-refractivity contribution >= 4 is 60.3 Å². The molecule has 2 fully saturated rings. The van der Waals surface area contributed by atoms with Crippen LogP contribution in [-0.4, -0.2) is 84.9 Å². The van der Waals surface area contributed by atoms with E-state index in [1.807, 2.05) is 0 Å². The van der Waals surface area contributed by atoms with Gasteiger partial charge in [-0.25, -0.2) is 19.1 Å². The molecule has 20 heteroatoms. The van der Waals surface area contributed by atoms with Crippen molar-refractivity contribution in [2.24, 2.45) is 0 Å². The monoisotopic (exact) mass is 676 g/mol. The Balaban J connectivity index is 0.000000416. The lowest BCUT2D eigenvalue weighted by atomic mass is 10.0. The van der Waals surface area contributed by atoms with Gasteiger partial charge in [-0.1, -0.05) is 11.6 Å². The van der Waals surface area contributed by atoms with Crippen LogP contribution in [0.4, 0.5) is 27.9 Å². The molecule has 1 amide bonds. The number of hydrogen-bond donors (Lipinski definition) is 6. The number of methoxy groups -OCH3 is 1. The summed E-state index contributed by atoms with van der Waals surface area (Å²) in [5, 5.41) is 41.3. The van der Waals surface area contributed by atoms with E-state index in [0.29, 0.717) is 65.4 Å². The SMILES string of the molecule is CC(OP(=O)(O)O)C(=O)O.COC(=O)NC1CCN(c2cc(C#N)cc(Nc3nc(NC4CC4)c4ncc(C#N)n4n3)c2Cl)CC1. The number of carboxylic acid groups (broad SMARTS) is 1. The number of nitrogens with one attached hydrogen (secondary N) is 3. The predicted molar refractivity (Wildman–Crippen MR) is 163 cm³/mol. The number of phosphoric ester groups is 1. The van der Waals surface area contributed by atoms with Gasteiger partial charge in [-0.05, 0) is 44.7 Å². The molecule has 1 unspecified atom stereocenters. The van der Waals surface area contributed by atoms with E-state index in [1.54, 1.807) is 12.1 Å². The minimum absolute atomic E-state index is 0.00578. The Hall–Kier alpha value is -4.71. The van der Waals surface area contributed by atoms with Crippen LogP contribution in [0, 0.1) is 22.7 Å². The van der Waals surface area contributed by atoms with Crippen molar-refractivity contribution in [3.63, 3.8) is 0 Å². The van der Waals surface area contributed by atoms with Gasteiger partial charge < -0.3 is 40.5 Å². The van der Waals surface area contributed by atoms with E-state index in [9.17, 15) is 24.7 Å². The average Bonchev–Trinajstić information content (AvgIpc) is 3.73. The maximum Gasteiger partial charge on any atom is 0.470 e. The first-order valence-corrected chi connectivity index (χ1v) is 15.7. The van der Waals surface area contributed by atoms with Crippen LogP contribution in [0.25, 0.3) is 5.65 Å². The van der Waals surface area contributed by atoms with Crippen molar-refractivity contribution in [2.45, 2.75) is 50.8 Å². The second kappa shape index (κ2) is 14.6. The minimum Gasteiger partial charge on any atom is -0.479 e. The number of phosphoric acid groups is 1. The van der Waals surface area contributed by atoms with Gasteiger partial charge in [-0.15, -0.1) is 5.10 Å². The lowest BCUT2D eigenvalue weighted by Gasteiger charge is -2.34. The van der Waals surface area contributed by atoms with Crippen LogP contribution in [0.3, 0.4) is 0 Å². The van der Waals surface area contributed by atoms with E-state index in [1.165, 1.54) is 17.8 Å². The third-order valence-electron chi connectivity index (χ3n) is 6.81. The van der Waals surface area contributed by atoms with Crippen LogP contribution in [0.1, 0.15) is 43.9 Å². The smallest absolute Gasteiger partial charge is 0.470 e. The van der Waals surface area contributed by atoms with Gasteiger partial charge >= 0.3 is 19.9 Å². The molecule has 46 heavy (non-hydrogen) atoms. The van der Waals surface area contributed by atoms with Crippen LogP contribution < -0.4 is 20.9 Å². The summed E-state index contributed by atoms with van der Waals surface area (Å²) in [6.07, 6.45) is 3.00. The highest BCUT2D eigenvalue weighted by atomic mass is 35.5. The largest absolute Gasteiger partial charge is 0.479 e. The molecule has 1 saturated heterocycles. The molecule has 1 atom stereocenters. The van der Waals surface area contributed by atoms with E-state index in [2.05, 4.69) is 57.3 Å². The molecule has 5 rings (SSSR count). The van der Waals surface area contributed by atoms with Crippen molar-refractivity contribution in [1.82, 2.24) is 24.9 Å². The molecule has 1 aromatic carbocycles. The molecule has 1 aliphatic heterocycles. The summed E-state index contributed by atoms with van der Waals surface area (Å²) in [4.78, 5) is 48.5. The standard InChI is InChI=1S/C23H23ClN10O2.C3H7O6P/c1-36-23(35)29-15-4-6-33(7-5-15)18-9-13(10-25)8-17(19(18)24)30-22-31-20(28-14-2-3-14)21-27-12-16(11-26)34(21)32-22;1-2(3(4)5)9-10(6,7)8/h8-9,12,14-15H,2-7H2,1H3,(H,29,35)(H2,28,30,31,32);2H,1H3,(H,4,5)(H2,6,7,8). The number of benzene rings is 1. The number of imidazole rings is 1. The first kappa shape index (κ1) is 34.2. The van der Waals surface area contributed by atoms with Gasteiger partial charge in [0.15, 0.2) is 23.3 Å². The number of halogens is 1. The fourth-order valence-electron chi connectivity index (χ4n) is 4.39. The number of carboxylic acids is 1. The second-order valence-corrected chi connectivity index (χ2v) is 11.8. The van der Waals surface area contributed by atoms with E-state index >= 15 is 0 Å². The molecule has 6 N–H and O–H groups in total. The first-order chi connectivity index (χ1) is 21.8. The molecular weight excluding hydrogens is 647 g/mol. The number of hydrogen-bond acceptors (Lipinski definition) is 13. The normalized spacial score (nSPS) is 15.5. The fraction of sp³-hybridized carbons (Fsp3) is 0.423. The topological polar surface area (TPSA) is 260 Å². The number of carbonyl (C=O) groups excluding carboxylic acids is 1. The van der Waals surface area contributed by atoms with Gasteiger partial charge in [-0.3, -0.25) is 4.52 Å². The van der Waals surface area contributed by atoms with E-state index in [-0.39, 0.29) is 17.7 Å². The van der Waals surface area contributed by atoms with Gasteiger partial charge in [0.2, 0.25) is 5.95 Å². The lowest BCUT2D eigenvalue weighted by Crippen LogP contribution is -2.44. The molecule has 3 aromatic rings. The number of ether oxygens (including phenoxy) is 1. The fourth-order valence-corrected chi connectivity index (χ4v) is 5.16. The van der Waals surface area contributed by atoms with Crippen LogP contribution in [0.5, 0.6) is 0 Å². The Kier molecular flexibility index (Phi) is 10.8. The number of amides is 1. The number of piperidine rings is 1. The summed E-state index contributed by atoms with van der Waals surface area (Å²) in [7, 11) is -3.32. The van der Waals surface area contributed by atoms with Crippen LogP contribution in [0.15, 0.2) is 18.3 Å². The Morgan fingerprint density at radius 2 is 1.85 bits per heavy atom. The highest BCUT2D eigenvalue weighted by Gasteiger charge is 2.26.